The summed E-state index contributed by atoms with van der Waals surface area (Å²) in [6.07, 6.45) is 3.85. The first kappa shape index (κ1) is 21.0. The van der Waals surface area contributed by atoms with E-state index in [9.17, 15) is 4.79 Å². The predicted octanol–water partition coefficient (Wildman–Crippen LogP) is 2.96. The van der Waals surface area contributed by atoms with E-state index < -0.39 is 0 Å². The van der Waals surface area contributed by atoms with E-state index in [2.05, 4.69) is 64.3 Å². The Hall–Kier alpha value is -3.22. The third-order valence-electron chi connectivity index (χ3n) is 5.53. The average Bonchev–Trinajstić information content (AvgIpc) is 3.24. The second-order valence-electron chi connectivity index (χ2n) is 7.79. The van der Waals surface area contributed by atoms with Crippen molar-refractivity contribution in [3.05, 3.63) is 85.1 Å². The van der Waals surface area contributed by atoms with E-state index in [1.807, 2.05) is 28.9 Å². The van der Waals surface area contributed by atoms with Crippen LogP contribution in [0.2, 0.25) is 0 Å². The fourth-order valence-electron chi connectivity index (χ4n) is 3.87. The molecule has 1 amide bonds. The predicted molar refractivity (Wildman–Crippen MR) is 124 cm³/mol. The van der Waals surface area contributed by atoms with Crippen LogP contribution in [0.4, 0.5) is 0 Å². The highest BCUT2D eigenvalue weighted by atomic mass is 16.2. The number of hydrogen-bond acceptors (Lipinski definition) is 4. The molecule has 1 aliphatic rings. The number of amides is 1. The molecule has 4 rings (SSSR count). The van der Waals surface area contributed by atoms with E-state index >= 15 is 0 Å². The standard InChI is InChI=1S/C25H29N5O/c1-2-13-26-24(31)20-29-16-14-28(15-17-29)18-22-19-30(23-11-7-4-8-12-23)27-25(22)21-9-5-3-6-10-21/h2-12,19H,1,13-18,20H2,(H,26,31). The average molecular weight is 416 g/mol. The first-order chi connectivity index (χ1) is 15.2. The second-order valence-corrected chi connectivity index (χ2v) is 7.79. The highest BCUT2D eigenvalue weighted by Crippen LogP contribution is 2.25. The summed E-state index contributed by atoms with van der Waals surface area (Å²) in [7, 11) is 0. The maximum atomic E-state index is 12.0. The number of benzene rings is 2. The zero-order chi connectivity index (χ0) is 21.5. The number of carbonyl (C=O) groups is 1. The van der Waals surface area contributed by atoms with Gasteiger partial charge in [-0.15, -0.1) is 6.58 Å². The van der Waals surface area contributed by atoms with Gasteiger partial charge >= 0.3 is 0 Å². The van der Waals surface area contributed by atoms with Gasteiger partial charge in [-0.3, -0.25) is 14.6 Å². The van der Waals surface area contributed by atoms with Crippen LogP contribution in [-0.2, 0) is 11.3 Å². The molecule has 1 saturated heterocycles. The summed E-state index contributed by atoms with van der Waals surface area (Å²) in [5.41, 5.74) is 4.42. The molecule has 1 N–H and O–H groups in total. The molecule has 0 radical (unpaired) electrons. The van der Waals surface area contributed by atoms with Gasteiger partial charge in [0.1, 0.15) is 0 Å². The van der Waals surface area contributed by atoms with E-state index in [1.165, 1.54) is 5.56 Å². The highest BCUT2D eigenvalue weighted by molar-refractivity contribution is 5.78. The summed E-state index contributed by atoms with van der Waals surface area (Å²) in [4.78, 5) is 16.6. The third kappa shape index (κ3) is 5.48. The minimum absolute atomic E-state index is 0.0591. The van der Waals surface area contributed by atoms with Gasteiger partial charge in [-0.2, -0.15) is 5.10 Å². The summed E-state index contributed by atoms with van der Waals surface area (Å²) < 4.78 is 1.97. The summed E-state index contributed by atoms with van der Waals surface area (Å²) in [6, 6.07) is 20.6. The summed E-state index contributed by atoms with van der Waals surface area (Å²) >= 11 is 0. The Morgan fingerprint density at radius 1 is 0.968 bits per heavy atom. The number of hydrogen-bond donors (Lipinski definition) is 1. The Bertz CT molecular complexity index is 991. The molecule has 6 nitrogen and oxygen atoms in total. The molecule has 0 saturated carbocycles. The maximum absolute atomic E-state index is 12.0. The van der Waals surface area contributed by atoms with Crippen molar-refractivity contribution in [2.75, 3.05) is 39.3 Å². The number of para-hydroxylation sites is 1. The van der Waals surface area contributed by atoms with Crippen LogP contribution < -0.4 is 5.32 Å². The van der Waals surface area contributed by atoms with Crippen molar-refractivity contribution in [2.45, 2.75) is 6.54 Å². The molecule has 31 heavy (non-hydrogen) atoms. The Morgan fingerprint density at radius 3 is 2.29 bits per heavy atom. The number of rotatable bonds is 8. The van der Waals surface area contributed by atoms with E-state index in [0.29, 0.717) is 13.1 Å². The SMILES string of the molecule is C=CCNC(=O)CN1CCN(Cc2cn(-c3ccccc3)nc2-c2ccccc2)CC1. The van der Waals surface area contributed by atoms with Crippen LogP contribution in [0, 0.1) is 0 Å². The molecule has 2 aromatic carbocycles. The Morgan fingerprint density at radius 2 is 1.61 bits per heavy atom. The van der Waals surface area contributed by atoms with Crippen LogP contribution >= 0.6 is 0 Å². The molecule has 0 unspecified atom stereocenters. The smallest absolute Gasteiger partial charge is 0.234 e. The molecule has 0 bridgehead atoms. The van der Waals surface area contributed by atoms with Gasteiger partial charge in [0.05, 0.1) is 17.9 Å². The molecular formula is C25H29N5O. The molecular weight excluding hydrogens is 386 g/mol. The van der Waals surface area contributed by atoms with Crippen molar-refractivity contribution in [2.24, 2.45) is 0 Å². The summed E-state index contributed by atoms with van der Waals surface area (Å²) in [5.74, 6) is 0.0591. The molecule has 1 aromatic heterocycles. The Kier molecular flexibility index (Phi) is 6.92. The number of nitrogens with zero attached hydrogens (tertiary/aromatic N) is 4. The van der Waals surface area contributed by atoms with Crippen LogP contribution in [0.25, 0.3) is 16.9 Å². The Labute approximate surface area is 183 Å². The van der Waals surface area contributed by atoms with Gasteiger partial charge in [0.15, 0.2) is 0 Å². The molecule has 160 valence electrons. The van der Waals surface area contributed by atoms with Crippen LogP contribution in [-0.4, -0.2) is 64.8 Å². The van der Waals surface area contributed by atoms with Gasteiger partial charge < -0.3 is 5.32 Å². The van der Waals surface area contributed by atoms with E-state index in [1.54, 1.807) is 6.08 Å². The molecule has 1 aliphatic heterocycles. The van der Waals surface area contributed by atoms with Crippen LogP contribution in [0.1, 0.15) is 5.56 Å². The lowest BCUT2D eigenvalue weighted by Gasteiger charge is -2.34. The number of piperazine rings is 1. The zero-order valence-corrected chi connectivity index (χ0v) is 17.8. The van der Waals surface area contributed by atoms with Gasteiger partial charge in [-0.1, -0.05) is 54.6 Å². The topological polar surface area (TPSA) is 53.4 Å². The quantitative estimate of drug-likeness (QED) is 0.575. The molecule has 0 atom stereocenters. The van der Waals surface area contributed by atoms with Crippen molar-refractivity contribution in [3.8, 4) is 16.9 Å². The molecule has 3 aromatic rings. The lowest BCUT2D eigenvalue weighted by Crippen LogP contribution is -2.49. The van der Waals surface area contributed by atoms with Crippen LogP contribution in [0.15, 0.2) is 79.5 Å². The van der Waals surface area contributed by atoms with Crippen molar-refractivity contribution in [3.63, 3.8) is 0 Å². The molecule has 2 heterocycles. The fraction of sp³-hybridized carbons (Fsp3) is 0.280. The first-order valence-electron chi connectivity index (χ1n) is 10.7. The number of nitrogens with one attached hydrogen (secondary N) is 1. The van der Waals surface area contributed by atoms with Gasteiger partial charge in [0.2, 0.25) is 5.91 Å². The van der Waals surface area contributed by atoms with Gasteiger partial charge in [0, 0.05) is 56.6 Å². The van der Waals surface area contributed by atoms with Crippen LogP contribution in [0.3, 0.4) is 0 Å². The van der Waals surface area contributed by atoms with Crippen molar-refractivity contribution in [1.29, 1.82) is 0 Å². The summed E-state index contributed by atoms with van der Waals surface area (Å²) in [6.45, 7) is 9.07. The van der Waals surface area contributed by atoms with Crippen LogP contribution in [0.5, 0.6) is 0 Å². The van der Waals surface area contributed by atoms with Crippen molar-refractivity contribution in [1.82, 2.24) is 24.9 Å². The minimum atomic E-state index is 0.0591. The fourth-order valence-corrected chi connectivity index (χ4v) is 3.87. The molecule has 0 spiro atoms. The van der Waals surface area contributed by atoms with E-state index in [-0.39, 0.29) is 5.91 Å². The maximum Gasteiger partial charge on any atom is 0.234 e. The molecule has 0 aliphatic carbocycles. The lowest BCUT2D eigenvalue weighted by atomic mass is 10.1. The number of carbonyl (C=O) groups excluding carboxylic acids is 1. The molecule has 6 heteroatoms. The first-order valence-corrected chi connectivity index (χ1v) is 10.7. The molecule has 1 fully saturated rings. The van der Waals surface area contributed by atoms with E-state index in [0.717, 1.165) is 49.7 Å². The number of aromatic nitrogens is 2. The highest BCUT2D eigenvalue weighted by Gasteiger charge is 2.21. The van der Waals surface area contributed by atoms with Crippen molar-refractivity contribution < 1.29 is 4.79 Å². The second kappa shape index (κ2) is 10.2. The zero-order valence-electron chi connectivity index (χ0n) is 17.8. The normalized spacial score (nSPS) is 15.0. The van der Waals surface area contributed by atoms with E-state index in [4.69, 9.17) is 5.10 Å². The van der Waals surface area contributed by atoms with Gasteiger partial charge in [-0.05, 0) is 12.1 Å². The lowest BCUT2D eigenvalue weighted by molar-refractivity contribution is -0.122. The Balaban J connectivity index is 1.45. The monoisotopic (exact) mass is 415 g/mol. The third-order valence-corrected chi connectivity index (χ3v) is 5.53. The minimum Gasteiger partial charge on any atom is -0.352 e. The van der Waals surface area contributed by atoms with Crippen molar-refractivity contribution >= 4 is 5.91 Å². The largest absolute Gasteiger partial charge is 0.352 e. The van der Waals surface area contributed by atoms with Gasteiger partial charge in [0.25, 0.3) is 0 Å². The summed E-state index contributed by atoms with van der Waals surface area (Å²) in [5, 5.41) is 7.77. The van der Waals surface area contributed by atoms with Gasteiger partial charge in [-0.25, -0.2) is 4.68 Å².